The summed E-state index contributed by atoms with van der Waals surface area (Å²) in [5.41, 5.74) is 3.56. The Morgan fingerprint density at radius 2 is 1.52 bits per heavy atom. The van der Waals surface area contributed by atoms with Gasteiger partial charge in [0, 0.05) is 23.6 Å². The first-order valence-electron chi connectivity index (χ1n) is 13.7. The molecular formula is C34H34N2O6. The lowest BCUT2D eigenvalue weighted by Crippen LogP contribution is -2.37. The van der Waals surface area contributed by atoms with Gasteiger partial charge in [-0.25, -0.2) is 4.98 Å². The third-order valence-corrected chi connectivity index (χ3v) is 7.40. The molecule has 1 atom stereocenters. The van der Waals surface area contributed by atoms with E-state index in [1.54, 1.807) is 27.4 Å². The molecule has 0 bridgehead atoms. The molecule has 0 saturated heterocycles. The molecule has 0 spiro atoms. The maximum Gasteiger partial charge on any atom is 0.255 e. The second-order valence-corrected chi connectivity index (χ2v) is 9.85. The van der Waals surface area contributed by atoms with Gasteiger partial charge >= 0.3 is 0 Å². The summed E-state index contributed by atoms with van der Waals surface area (Å²) in [5.74, 6) is 1.68. The number of benzene rings is 4. The summed E-state index contributed by atoms with van der Waals surface area (Å²) in [6.45, 7) is -0.0535. The molecule has 0 radical (unpaired) electrons. The zero-order chi connectivity index (χ0) is 29.6. The third-order valence-electron chi connectivity index (χ3n) is 7.40. The third kappa shape index (κ3) is 5.66. The number of rotatable bonds is 11. The van der Waals surface area contributed by atoms with Crippen LogP contribution in [0.5, 0.6) is 23.0 Å². The number of hydrogen-bond acceptors (Lipinski definition) is 7. The molecule has 42 heavy (non-hydrogen) atoms. The number of pyridine rings is 1. The fourth-order valence-corrected chi connectivity index (χ4v) is 5.35. The summed E-state index contributed by atoms with van der Waals surface area (Å²) in [6, 6.07) is 25.0. The lowest BCUT2D eigenvalue weighted by molar-refractivity contribution is 0.0929. The summed E-state index contributed by atoms with van der Waals surface area (Å²) in [5, 5.41) is 15.9. The molecule has 216 valence electrons. The first-order valence-corrected chi connectivity index (χ1v) is 13.7. The van der Waals surface area contributed by atoms with Gasteiger partial charge in [0.05, 0.1) is 45.2 Å². The number of aliphatic hydroxyl groups is 1. The van der Waals surface area contributed by atoms with E-state index in [9.17, 15) is 9.90 Å². The Morgan fingerprint density at radius 1 is 0.810 bits per heavy atom. The fourth-order valence-electron chi connectivity index (χ4n) is 5.35. The summed E-state index contributed by atoms with van der Waals surface area (Å²) in [4.78, 5) is 18.7. The number of nitrogens with zero attached hydrogens (tertiary/aromatic N) is 1. The van der Waals surface area contributed by atoms with Crippen molar-refractivity contribution in [2.75, 3.05) is 35.0 Å². The van der Waals surface area contributed by atoms with E-state index in [0.717, 1.165) is 21.9 Å². The van der Waals surface area contributed by atoms with Gasteiger partial charge in [-0.2, -0.15) is 0 Å². The Labute approximate surface area is 244 Å². The van der Waals surface area contributed by atoms with E-state index in [-0.39, 0.29) is 18.6 Å². The second kappa shape index (κ2) is 12.8. The van der Waals surface area contributed by atoms with E-state index in [4.69, 9.17) is 23.9 Å². The van der Waals surface area contributed by atoms with E-state index in [2.05, 4.69) is 29.6 Å². The molecule has 5 aromatic rings. The highest BCUT2D eigenvalue weighted by Crippen LogP contribution is 2.41. The van der Waals surface area contributed by atoms with Crippen LogP contribution >= 0.6 is 0 Å². The summed E-state index contributed by atoms with van der Waals surface area (Å²) in [6.07, 6.45) is 0.982. The predicted molar refractivity (Wildman–Crippen MR) is 164 cm³/mol. The Morgan fingerprint density at radius 3 is 2.21 bits per heavy atom. The number of carbonyl (C=O) groups excluding carboxylic acids is 1. The van der Waals surface area contributed by atoms with Crippen LogP contribution in [0.4, 0.5) is 0 Å². The number of nitrogens with one attached hydrogen (secondary N) is 1. The molecule has 0 aliphatic carbocycles. The fraction of sp³-hybridized carbons (Fsp3) is 0.235. The standard InChI is InChI=1S/C34H34N2O6/c1-39-29-15-14-28-26(12-13-27(36-28)23-19-30(40-2)33(42-4)31(20-23)41-3)32(29)34(38)35-24(16-17-37)18-22-10-7-9-21-8-5-6-11-25(21)22/h5-15,19-20,24,37H,16-18H2,1-4H3,(H,35,38)/t24-/m0/s1. The van der Waals surface area contributed by atoms with Gasteiger partial charge in [-0.1, -0.05) is 42.5 Å². The Bertz CT molecular complexity index is 1700. The van der Waals surface area contributed by atoms with Crippen LogP contribution in [-0.2, 0) is 6.42 Å². The van der Waals surface area contributed by atoms with Gasteiger partial charge in [0.1, 0.15) is 5.75 Å². The number of fused-ring (bicyclic) bond motifs is 2. The number of carbonyl (C=O) groups is 1. The van der Waals surface area contributed by atoms with Crippen LogP contribution in [0.3, 0.4) is 0 Å². The number of amides is 1. The minimum Gasteiger partial charge on any atom is -0.496 e. The van der Waals surface area contributed by atoms with E-state index in [0.29, 0.717) is 58.0 Å². The average Bonchev–Trinajstić information content (AvgIpc) is 3.03. The Hall–Kier alpha value is -4.82. The summed E-state index contributed by atoms with van der Waals surface area (Å²) in [7, 11) is 6.23. The number of methoxy groups -OCH3 is 4. The lowest BCUT2D eigenvalue weighted by atomic mass is 9.97. The van der Waals surface area contributed by atoms with Crippen LogP contribution in [-0.4, -0.2) is 57.1 Å². The van der Waals surface area contributed by atoms with Crippen molar-refractivity contribution in [2.45, 2.75) is 18.9 Å². The number of aliphatic hydroxyl groups excluding tert-OH is 1. The summed E-state index contributed by atoms with van der Waals surface area (Å²) < 4.78 is 22.1. The van der Waals surface area contributed by atoms with Gasteiger partial charge < -0.3 is 29.4 Å². The molecule has 1 amide bonds. The number of hydrogen-bond donors (Lipinski definition) is 2. The monoisotopic (exact) mass is 566 g/mol. The Balaban J connectivity index is 1.50. The molecule has 0 aliphatic heterocycles. The molecule has 0 aliphatic rings. The molecule has 1 aromatic heterocycles. The molecule has 0 fully saturated rings. The smallest absolute Gasteiger partial charge is 0.255 e. The maximum absolute atomic E-state index is 13.8. The number of aromatic nitrogens is 1. The van der Waals surface area contributed by atoms with Crippen LogP contribution in [0.1, 0.15) is 22.3 Å². The molecule has 0 unspecified atom stereocenters. The van der Waals surface area contributed by atoms with Gasteiger partial charge in [0.25, 0.3) is 5.91 Å². The second-order valence-electron chi connectivity index (χ2n) is 9.85. The van der Waals surface area contributed by atoms with Gasteiger partial charge in [-0.15, -0.1) is 0 Å². The van der Waals surface area contributed by atoms with Crippen molar-refractivity contribution in [3.63, 3.8) is 0 Å². The zero-order valence-electron chi connectivity index (χ0n) is 24.1. The molecule has 1 heterocycles. The average molecular weight is 567 g/mol. The van der Waals surface area contributed by atoms with E-state index in [1.807, 2.05) is 48.5 Å². The van der Waals surface area contributed by atoms with Crippen molar-refractivity contribution >= 4 is 27.6 Å². The van der Waals surface area contributed by atoms with Gasteiger partial charge in [-0.05, 0) is 65.6 Å². The normalized spacial score (nSPS) is 11.7. The van der Waals surface area contributed by atoms with Gasteiger partial charge in [0.15, 0.2) is 11.5 Å². The lowest BCUT2D eigenvalue weighted by Gasteiger charge is -2.21. The first-order chi connectivity index (χ1) is 20.5. The topological polar surface area (TPSA) is 99.1 Å². The zero-order valence-corrected chi connectivity index (χ0v) is 24.1. The Kier molecular flexibility index (Phi) is 8.74. The quantitative estimate of drug-likeness (QED) is 0.208. The molecule has 2 N–H and O–H groups in total. The largest absolute Gasteiger partial charge is 0.496 e. The van der Waals surface area contributed by atoms with Gasteiger partial charge in [-0.3, -0.25) is 4.79 Å². The van der Waals surface area contributed by atoms with Crippen LogP contribution in [0.15, 0.2) is 78.9 Å². The van der Waals surface area contributed by atoms with Crippen molar-refractivity contribution in [1.29, 1.82) is 0 Å². The number of ether oxygens (including phenoxy) is 4. The molecule has 0 saturated carbocycles. The van der Waals surface area contributed by atoms with E-state index in [1.165, 1.54) is 7.11 Å². The predicted octanol–water partition coefficient (Wildman–Crippen LogP) is 5.81. The maximum atomic E-state index is 13.8. The van der Waals surface area contributed by atoms with Crippen molar-refractivity contribution < 1.29 is 28.8 Å². The van der Waals surface area contributed by atoms with Crippen molar-refractivity contribution in [1.82, 2.24) is 10.3 Å². The van der Waals surface area contributed by atoms with E-state index >= 15 is 0 Å². The first kappa shape index (κ1) is 28.7. The van der Waals surface area contributed by atoms with E-state index < -0.39 is 0 Å². The van der Waals surface area contributed by atoms with Crippen LogP contribution in [0.2, 0.25) is 0 Å². The molecule has 5 rings (SSSR count). The van der Waals surface area contributed by atoms with Crippen molar-refractivity contribution in [2.24, 2.45) is 0 Å². The highest BCUT2D eigenvalue weighted by atomic mass is 16.5. The molecular weight excluding hydrogens is 532 g/mol. The SMILES string of the molecule is COc1cc(-c2ccc3c(C(=O)N[C@@H](CCO)Cc4cccc5ccccc45)c(OC)ccc3n2)cc(OC)c1OC. The van der Waals surface area contributed by atoms with Crippen molar-refractivity contribution in [3.05, 3.63) is 90.0 Å². The van der Waals surface area contributed by atoms with Crippen LogP contribution in [0.25, 0.3) is 32.9 Å². The minimum atomic E-state index is -0.293. The molecule has 8 heteroatoms. The van der Waals surface area contributed by atoms with Crippen LogP contribution in [0, 0.1) is 0 Å². The highest BCUT2D eigenvalue weighted by Gasteiger charge is 2.22. The highest BCUT2D eigenvalue weighted by molar-refractivity contribution is 6.09. The van der Waals surface area contributed by atoms with Crippen LogP contribution < -0.4 is 24.3 Å². The van der Waals surface area contributed by atoms with Crippen molar-refractivity contribution in [3.8, 4) is 34.3 Å². The summed E-state index contributed by atoms with van der Waals surface area (Å²) >= 11 is 0. The molecule has 4 aromatic carbocycles. The molecule has 8 nitrogen and oxygen atoms in total. The van der Waals surface area contributed by atoms with Gasteiger partial charge in [0.2, 0.25) is 5.75 Å². The minimum absolute atomic E-state index is 0.0535.